The van der Waals surface area contributed by atoms with Crippen LogP contribution in [-0.2, 0) is 0 Å². The highest BCUT2D eigenvalue weighted by molar-refractivity contribution is 7.80. The number of thiocarbonyl (C=S) groups is 1. The van der Waals surface area contributed by atoms with Crippen LogP contribution in [0.4, 0.5) is 11.4 Å². The number of hydrogen-bond acceptors (Lipinski definition) is 6. The molecule has 0 unspecified atom stereocenters. The highest BCUT2D eigenvalue weighted by atomic mass is 32.1. The molecule has 0 spiro atoms. The largest absolute Gasteiger partial charge is 0.463 e. The molecule has 35 heavy (non-hydrogen) atoms. The molecule has 4 heterocycles. The minimum absolute atomic E-state index is 0.634. The fourth-order valence-corrected chi connectivity index (χ4v) is 4.61. The summed E-state index contributed by atoms with van der Waals surface area (Å²) in [5.41, 5.74) is 4.91. The van der Waals surface area contributed by atoms with Gasteiger partial charge in [0.05, 0.1) is 23.6 Å². The number of para-hydroxylation sites is 1. The number of furan rings is 2. The van der Waals surface area contributed by atoms with E-state index < -0.39 is 0 Å². The summed E-state index contributed by atoms with van der Waals surface area (Å²) in [5, 5.41) is 4.10. The van der Waals surface area contributed by atoms with Crippen LogP contribution in [0.25, 0.3) is 33.9 Å². The van der Waals surface area contributed by atoms with E-state index in [9.17, 15) is 0 Å². The van der Waals surface area contributed by atoms with E-state index in [1.165, 1.54) is 5.69 Å². The maximum absolute atomic E-state index is 5.73. The first-order valence-electron chi connectivity index (χ1n) is 11.5. The second kappa shape index (κ2) is 9.23. The second-order valence-corrected chi connectivity index (χ2v) is 8.71. The van der Waals surface area contributed by atoms with Gasteiger partial charge in [-0.25, -0.2) is 9.97 Å². The van der Waals surface area contributed by atoms with Gasteiger partial charge in [-0.2, -0.15) is 0 Å². The van der Waals surface area contributed by atoms with Crippen LogP contribution in [0.2, 0.25) is 0 Å². The fourth-order valence-electron chi connectivity index (χ4n) is 4.31. The first kappa shape index (κ1) is 21.4. The van der Waals surface area contributed by atoms with Crippen LogP contribution in [0.1, 0.15) is 0 Å². The number of anilines is 2. The first-order valence-corrected chi connectivity index (χ1v) is 11.9. The summed E-state index contributed by atoms with van der Waals surface area (Å²) in [6.07, 6.45) is 3.25. The smallest absolute Gasteiger partial charge is 0.173 e. The molecular weight excluding hydrogens is 458 g/mol. The van der Waals surface area contributed by atoms with Crippen molar-refractivity contribution in [3.05, 3.63) is 85.3 Å². The van der Waals surface area contributed by atoms with Gasteiger partial charge in [0.1, 0.15) is 11.4 Å². The van der Waals surface area contributed by atoms with Gasteiger partial charge in [0.2, 0.25) is 0 Å². The Morgan fingerprint density at radius 3 is 2.03 bits per heavy atom. The summed E-state index contributed by atoms with van der Waals surface area (Å²) in [5.74, 6) is 1.28. The topological polar surface area (TPSA) is 70.6 Å². The molecular formula is C27H23N5O2S. The highest BCUT2D eigenvalue weighted by Crippen LogP contribution is 2.32. The Morgan fingerprint density at radius 1 is 0.743 bits per heavy atom. The highest BCUT2D eigenvalue weighted by Gasteiger charge is 2.20. The molecule has 3 aromatic heterocycles. The number of benzene rings is 2. The van der Waals surface area contributed by atoms with Crippen LogP contribution in [0.3, 0.4) is 0 Å². The first-order chi connectivity index (χ1) is 17.2. The minimum Gasteiger partial charge on any atom is -0.463 e. The van der Waals surface area contributed by atoms with Gasteiger partial charge >= 0.3 is 0 Å². The summed E-state index contributed by atoms with van der Waals surface area (Å²) < 4.78 is 11.2. The molecule has 8 heteroatoms. The van der Waals surface area contributed by atoms with Crippen molar-refractivity contribution >= 4 is 39.7 Å². The van der Waals surface area contributed by atoms with E-state index >= 15 is 0 Å². The molecule has 7 nitrogen and oxygen atoms in total. The molecule has 6 rings (SSSR count). The number of piperazine rings is 1. The van der Waals surface area contributed by atoms with Crippen molar-refractivity contribution in [3.8, 4) is 22.9 Å². The number of aromatic nitrogens is 2. The van der Waals surface area contributed by atoms with Gasteiger partial charge in [-0.1, -0.05) is 18.2 Å². The molecule has 2 aromatic carbocycles. The van der Waals surface area contributed by atoms with Crippen molar-refractivity contribution < 1.29 is 8.83 Å². The zero-order valence-corrected chi connectivity index (χ0v) is 19.7. The molecule has 0 saturated carbocycles. The summed E-state index contributed by atoms with van der Waals surface area (Å²) in [6.45, 7) is 3.58. The van der Waals surface area contributed by atoms with Crippen LogP contribution in [0, 0.1) is 0 Å². The monoisotopic (exact) mass is 481 g/mol. The van der Waals surface area contributed by atoms with E-state index in [2.05, 4.69) is 39.4 Å². The summed E-state index contributed by atoms with van der Waals surface area (Å²) in [4.78, 5) is 14.3. The molecule has 0 amide bonds. The molecule has 1 saturated heterocycles. The molecule has 0 bridgehead atoms. The Morgan fingerprint density at radius 2 is 1.40 bits per heavy atom. The zero-order chi connectivity index (χ0) is 23.6. The summed E-state index contributed by atoms with van der Waals surface area (Å²) >= 11 is 5.73. The van der Waals surface area contributed by atoms with E-state index in [0.717, 1.165) is 42.9 Å². The fraction of sp³-hybridized carbons (Fsp3) is 0.148. The number of fused-ring (bicyclic) bond motifs is 1. The van der Waals surface area contributed by atoms with E-state index in [4.69, 9.17) is 31.0 Å². The molecule has 1 fully saturated rings. The van der Waals surface area contributed by atoms with Gasteiger partial charge in [0, 0.05) is 37.6 Å². The Hall–Kier alpha value is -4.17. The SMILES string of the molecule is S=C(Nc1ccc2nc(-c3ccco3)c(-c3ccco3)nc2c1)N1CCN(c2ccccc2)CC1. The molecule has 1 aliphatic heterocycles. The third-order valence-electron chi connectivity index (χ3n) is 6.11. The molecule has 0 radical (unpaired) electrons. The zero-order valence-electron chi connectivity index (χ0n) is 18.9. The minimum atomic E-state index is 0.634. The second-order valence-electron chi connectivity index (χ2n) is 8.32. The maximum Gasteiger partial charge on any atom is 0.173 e. The van der Waals surface area contributed by atoms with Crippen molar-refractivity contribution in [2.45, 2.75) is 0 Å². The third-order valence-corrected chi connectivity index (χ3v) is 6.47. The van der Waals surface area contributed by atoms with Gasteiger partial charge in [-0.05, 0) is 66.8 Å². The van der Waals surface area contributed by atoms with Crippen LogP contribution in [0.15, 0.2) is 94.2 Å². The number of hydrogen-bond donors (Lipinski definition) is 1. The van der Waals surface area contributed by atoms with Crippen molar-refractivity contribution in [3.63, 3.8) is 0 Å². The number of nitrogens with zero attached hydrogens (tertiary/aromatic N) is 4. The third kappa shape index (κ3) is 4.36. The molecule has 1 N–H and O–H groups in total. The summed E-state index contributed by atoms with van der Waals surface area (Å²) in [6, 6.07) is 23.8. The van der Waals surface area contributed by atoms with Gasteiger partial charge in [-0.3, -0.25) is 0 Å². The number of nitrogens with one attached hydrogen (secondary N) is 1. The average molecular weight is 482 g/mol. The normalized spacial score (nSPS) is 13.8. The lowest BCUT2D eigenvalue weighted by Gasteiger charge is -2.37. The van der Waals surface area contributed by atoms with Gasteiger partial charge in [0.15, 0.2) is 16.6 Å². The predicted molar refractivity (Wildman–Crippen MR) is 141 cm³/mol. The standard InChI is InChI=1S/C27H23N5O2S/c35-27(32-14-12-31(13-15-32)20-6-2-1-3-7-20)28-19-10-11-21-22(18-19)30-26(24-9-5-17-34-24)25(29-21)23-8-4-16-33-23/h1-11,16-18H,12-15H2,(H,28,35). The number of rotatable bonds is 4. The Kier molecular flexibility index (Phi) is 5.64. The van der Waals surface area contributed by atoms with Gasteiger partial charge in [0.25, 0.3) is 0 Å². The molecule has 5 aromatic rings. The van der Waals surface area contributed by atoms with Crippen molar-refractivity contribution in [2.75, 3.05) is 36.4 Å². The van der Waals surface area contributed by atoms with E-state index in [1.54, 1.807) is 12.5 Å². The Labute approximate surface area is 208 Å². The lowest BCUT2D eigenvalue weighted by Crippen LogP contribution is -2.50. The van der Waals surface area contributed by atoms with Crippen LogP contribution in [-0.4, -0.2) is 46.2 Å². The lowest BCUT2D eigenvalue weighted by atomic mass is 10.1. The predicted octanol–water partition coefficient (Wildman–Crippen LogP) is 5.67. The molecule has 0 atom stereocenters. The Balaban J connectivity index is 1.22. The average Bonchev–Trinajstić information content (AvgIpc) is 3.63. The summed E-state index contributed by atoms with van der Waals surface area (Å²) in [7, 11) is 0. The lowest BCUT2D eigenvalue weighted by molar-refractivity contribution is 0.391. The maximum atomic E-state index is 5.73. The molecule has 174 valence electrons. The quantitative estimate of drug-likeness (QED) is 0.329. The van der Waals surface area contributed by atoms with Crippen molar-refractivity contribution in [1.82, 2.24) is 14.9 Å². The van der Waals surface area contributed by atoms with Gasteiger partial charge < -0.3 is 24.0 Å². The van der Waals surface area contributed by atoms with Gasteiger partial charge in [-0.15, -0.1) is 0 Å². The van der Waals surface area contributed by atoms with Crippen LogP contribution >= 0.6 is 12.2 Å². The van der Waals surface area contributed by atoms with Crippen LogP contribution < -0.4 is 10.2 Å². The van der Waals surface area contributed by atoms with E-state index in [0.29, 0.717) is 28.0 Å². The molecule has 1 aliphatic rings. The van der Waals surface area contributed by atoms with Crippen molar-refractivity contribution in [2.24, 2.45) is 0 Å². The van der Waals surface area contributed by atoms with Crippen molar-refractivity contribution in [1.29, 1.82) is 0 Å². The van der Waals surface area contributed by atoms with E-state index in [1.807, 2.05) is 48.5 Å². The van der Waals surface area contributed by atoms with Crippen LogP contribution in [0.5, 0.6) is 0 Å². The van der Waals surface area contributed by atoms with E-state index in [-0.39, 0.29) is 0 Å². The Bertz CT molecular complexity index is 1440. The molecule has 0 aliphatic carbocycles.